The van der Waals surface area contributed by atoms with Crippen LogP contribution in [0.4, 0.5) is 0 Å². The monoisotopic (exact) mass is 316 g/mol. The number of esters is 1. The fourth-order valence-corrected chi connectivity index (χ4v) is 4.61. The number of furan rings is 1. The third-order valence-electron chi connectivity index (χ3n) is 6.13. The van der Waals surface area contributed by atoms with Crippen LogP contribution in [0, 0.1) is 24.2 Å². The summed E-state index contributed by atoms with van der Waals surface area (Å²) in [5, 5.41) is 0. The van der Waals surface area contributed by atoms with Crippen molar-refractivity contribution >= 4 is 5.97 Å². The van der Waals surface area contributed by atoms with Gasteiger partial charge >= 0.3 is 5.97 Å². The molecule has 0 aromatic carbocycles. The van der Waals surface area contributed by atoms with Gasteiger partial charge in [0.1, 0.15) is 11.9 Å². The van der Waals surface area contributed by atoms with Crippen LogP contribution in [0.5, 0.6) is 0 Å². The van der Waals surface area contributed by atoms with Crippen molar-refractivity contribution < 1.29 is 13.9 Å². The molecule has 0 amide bonds. The third-order valence-corrected chi connectivity index (χ3v) is 6.13. The SMILES string of the molecule is CC(C)=CC(=O)O[C@@H]1c2c(C)coc2C[C@H]2CCC[C@H](C)[C@]21C. The highest BCUT2D eigenvalue weighted by atomic mass is 16.5. The Morgan fingerprint density at radius 3 is 2.83 bits per heavy atom. The lowest BCUT2D eigenvalue weighted by Crippen LogP contribution is -2.47. The van der Waals surface area contributed by atoms with Crippen LogP contribution in [0.3, 0.4) is 0 Å². The predicted octanol–water partition coefficient (Wildman–Crippen LogP) is 5.14. The number of rotatable bonds is 2. The molecule has 126 valence electrons. The second-order valence-electron chi connectivity index (χ2n) is 7.89. The molecule has 0 bridgehead atoms. The summed E-state index contributed by atoms with van der Waals surface area (Å²) in [5.74, 6) is 1.84. The molecule has 4 atom stereocenters. The van der Waals surface area contributed by atoms with Gasteiger partial charge in [-0.1, -0.05) is 32.3 Å². The van der Waals surface area contributed by atoms with E-state index in [2.05, 4.69) is 20.8 Å². The minimum Gasteiger partial charge on any atom is -0.469 e. The minimum atomic E-state index is -0.235. The van der Waals surface area contributed by atoms with Crippen molar-refractivity contribution in [1.82, 2.24) is 0 Å². The first-order valence-corrected chi connectivity index (χ1v) is 8.76. The van der Waals surface area contributed by atoms with E-state index < -0.39 is 0 Å². The van der Waals surface area contributed by atoms with Crippen molar-refractivity contribution in [2.45, 2.75) is 66.4 Å². The first-order valence-electron chi connectivity index (χ1n) is 8.76. The van der Waals surface area contributed by atoms with E-state index in [-0.39, 0.29) is 17.5 Å². The molecular weight excluding hydrogens is 288 g/mol. The topological polar surface area (TPSA) is 39.4 Å². The van der Waals surface area contributed by atoms with Crippen LogP contribution in [-0.2, 0) is 16.0 Å². The molecule has 1 aromatic rings. The maximum absolute atomic E-state index is 12.4. The fraction of sp³-hybridized carbons (Fsp3) is 0.650. The normalized spacial score (nSPS) is 32.7. The maximum atomic E-state index is 12.4. The van der Waals surface area contributed by atoms with Crippen LogP contribution >= 0.6 is 0 Å². The summed E-state index contributed by atoms with van der Waals surface area (Å²) < 4.78 is 11.8. The van der Waals surface area contributed by atoms with E-state index in [4.69, 9.17) is 9.15 Å². The van der Waals surface area contributed by atoms with Gasteiger partial charge in [0.15, 0.2) is 0 Å². The van der Waals surface area contributed by atoms with Crippen molar-refractivity contribution in [1.29, 1.82) is 0 Å². The molecule has 1 saturated carbocycles. The molecule has 2 aliphatic rings. The zero-order chi connectivity index (χ0) is 16.8. The number of allylic oxidation sites excluding steroid dienone is 1. The molecule has 3 heteroatoms. The van der Waals surface area contributed by atoms with Gasteiger partial charge in [0.2, 0.25) is 0 Å². The molecule has 0 unspecified atom stereocenters. The van der Waals surface area contributed by atoms with Crippen LogP contribution in [0.2, 0.25) is 0 Å². The van der Waals surface area contributed by atoms with Crippen LogP contribution in [0.15, 0.2) is 22.3 Å². The smallest absolute Gasteiger partial charge is 0.331 e. The molecule has 1 fully saturated rings. The van der Waals surface area contributed by atoms with Crippen molar-refractivity contribution in [3.63, 3.8) is 0 Å². The molecule has 0 saturated heterocycles. The molecule has 2 aliphatic carbocycles. The Morgan fingerprint density at radius 2 is 2.13 bits per heavy atom. The van der Waals surface area contributed by atoms with Gasteiger partial charge in [-0.15, -0.1) is 0 Å². The number of aryl methyl sites for hydroxylation is 1. The van der Waals surface area contributed by atoms with E-state index in [1.54, 1.807) is 6.08 Å². The van der Waals surface area contributed by atoms with Gasteiger partial charge < -0.3 is 9.15 Å². The molecular formula is C20H28O3. The van der Waals surface area contributed by atoms with Gasteiger partial charge in [0, 0.05) is 23.5 Å². The highest BCUT2D eigenvalue weighted by molar-refractivity contribution is 5.83. The number of carbonyl (C=O) groups is 1. The molecule has 0 radical (unpaired) electrons. The lowest BCUT2D eigenvalue weighted by molar-refractivity contribution is -0.163. The molecule has 1 heterocycles. The zero-order valence-corrected chi connectivity index (χ0v) is 14.9. The highest BCUT2D eigenvalue weighted by Gasteiger charge is 2.54. The van der Waals surface area contributed by atoms with Crippen LogP contribution in [0.25, 0.3) is 0 Å². The second-order valence-corrected chi connectivity index (χ2v) is 7.89. The van der Waals surface area contributed by atoms with Gasteiger partial charge in [0.05, 0.1) is 6.26 Å². The van der Waals surface area contributed by atoms with Gasteiger partial charge in [-0.2, -0.15) is 0 Å². The average molecular weight is 316 g/mol. The van der Waals surface area contributed by atoms with E-state index in [1.807, 2.05) is 20.1 Å². The average Bonchev–Trinajstić information content (AvgIpc) is 2.82. The molecule has 0 N–H and O–H groups in total. The van der Waals surface area contributed by atoms with Gasteiger partial charge in [-0.3, -0.25) is 0 Å². The molecule has 0 spiro atoms. The first-order chi connectivity index (χ1) is 10.8. The summed E-state index contributed by atoms with van der Waals surface area (Å²) in [6, 6.07) is 0. The Morgan fingerprint density at radius 1 is 1.39 bits per heavy atom. The Hall–Kier alpha value is -1.51. The van der Waals surface area contributed by atoms with Gasteiger partial charge in [0.25, 0.3) is 0 Å². The summed E-state index contributed by atoms with van der Waals surface area (Å²) in [5.41, 5.74) is 3.18. The lowest BCUT2D eigenvalue weighted by atomic mass is 9.54. The highest BCUT2D eigenvalue weighted by Crippen LogP contribution is 2.59. The summed E-state index contributed by atoms with van der Waals surface area (Å²) in [6.45, 7) is 10.5. The fourth-order valence-electron chi connectivity index (χ4n) is 4.61. The van der Waals surface area contributed by atoms with Crippen LogP contribution in [-0.4, -0.2) is 5.97 Å². The van der Waals surface area contributed by atoms with Crippen molar-refractivity contribution in [2.24, 2.45) is 17.3 Å². The number of carbonyl (C=O) groups excluding carboxylic acids is 1. The second kappa shape index (κ2) is 5.85. The molecule has 1 aromatic heterocycles. The molecule has 23 heavy (non-hydrogen) atoms. The lowest BCUT2D eigenvalue weighted by Gasteiger charge is -2.52. The quantitative estimate of drug-likeness (QED) is 0.560. The zero-order valence-electron chi connectivity index (χ0n) is 14.9. The Balaban J connectivity index is 2.05. The van der Waals surface area contributed by atoms with E-state index in [0.717, 1.165) is 28.9 Å². The Labute approximate surface area is 139 Å². The Kier molecular flexibility index (Phi) is 4.16. The van der Waals surface area contributed by atoms with Crippen LogP contribution < -0.4 is 0 Å². The van der Waals surface area contributed by atoms with Gasteiger partial charge in [-0.25, -0.2) is 4.79 Å². The number of fused-ring (bicyclic) bond motifs is 2. The van der Waals surface area contributed by atoms with E-state index in [1.165, 1.54) is 19.3 Å². The summed E-state index contributed by atoms with van der Waals surface area (Å²) >= 11 is 0. The summed E-state index contributed by atoms with van der Waals surface area (Å²) in [6.07, 6.45) is 7.83. The summed E-state index contributed by atoms with van der Waals surface area (Å²) in [7, 11) is 0. The van der Waals surface area contributed by atoms with Crippen molar-refractivity contribution in [2.75, 3.05) is 0 Å². The molecule has 3 nitrogen and oxygen atoms in total. The largest absolute Gasteiger partial charge is 0.469 e. The van der Waals surface area contributed by atoms with Crippen LogP contribution in [0.1, 0.15) is 69.9 Å². The van der Waals surface area contributed by atoms with Crippen molar-refractivity contribution in [3.8, 4) is 0 Å². The summed E-state index contributed by atoms with van der Waals surface area (Å²) in [4.78, 5) is 12.4. The number of ether oxygens (including phenoxy) is 1. The van der Waals surface area contributed by atoms with Gasteiger partial charge in [-0.05, 0) is 44.6 Å². The number of hydrogen-bond donors (Lipinski definition) is 0. The third kappa shape index (κ3) is 2.64. The first kappa shape index (κ1) is 16.4. The maximum Gasteiger partial charge on any atom is 0.331 e. The Bertz CT molecular complexity index is 635. The van der Waals surface area contributed by atoms with E-state index in [0.29, 0.717) is 11.8 Å². The number of hydrogen-bond acceptors (Lipinski definition) is 3. The van der Waals surface area contributed by atoms with E-state index in [9.17, 15) is 4.79 Å². The molecule has 3 rings (SSSR count). The standard InChI is InChI=1S/C20H28O3/c1-12(2)9-17(21)23-19-18-13(3)11-22-16(18)10-15-8-6-7-14(4)20(15,19)5/h9,11,14-15,19H,6-8,10H2,1-5H3/t14-,15+,19+,20+/m0/s1. The predicted molar refractivity (Wildman–Crippen MR) is 90.0 cm³/mol. The van der Waals surface area contributed by atoms with E-state index >= 15 is 0 Å². The minimum absolute atomic E-state index is 0.00890. The van der Waals surface area contributed by atoms with Crippen molar-refractivity contribution in [3.05, 3.63) is 34.8 Å². The molecule has 0 aliphatic heterocycles.